The van der Waals surface area contributed by atoms with Gasteiger partial charge in [-0.3, -0.25) is 4.90 Å². The molecule has 0 amide bonds. The van der Waals surface area contributed by atoms with E-state index in [9.17, 15) is 21.6 Å². The summed E-state index contributed by atoms with van der Waals surface area (Å²) in [7, 11) is -3.44. The highest BCUT2D eigenvalue weighted by molar-refractivity contribution is 7.89. The van der Waals surface area contributed by atoms with Crippen LogP contribution in [0.3, 0.4) is 0 Å². The number of aromatic nitrogens is 1. The van der Waals surface area contributed by atoms with Crippen molar-refractivity contribution < 1.29 is 21.6 Å². The average Bonchev–Trinajstić information content (AvgIpc) is 2.96. The monoisotopic (exact) mass is 462 g/mol. The van der Waals surface area contributed by atoms with Gasteiger partial charge >= 0.3 is 6.18 Å². The SMILES string of the molecule is Cl.O=S1(=O)c2ccccc2CN1CCN1CCN(c2cccc(C(F)(F)F)n2)CC1. The second-order valence-corrected chi connectivity index (χ2v) is 9.06. The second-order valence-electron chi connectivity index (χ2n) is 7.15. The number of halogens is 4. The van der Waals surface area contributed by atoms with Gasteiger partial charge in [-0.15, -0.1) is 12.4 Å². The Balaban J connectivity index is 0.00000256. The molecular formula is C19H22ClF3N4O2S. The first-order valence-electron chi connectivity index (χ1n) is 9.35. The summed E-state index contributed by atoms with van der Waals surface area (Å²) in [5.74, 6) is 0.317. The molecule has 11 heteroatoms. The first kappa shape index (κ1) is 22.8. The molecular weight excluding hydrogens is 441 g/mol. The van der Waals surface area contributed by atoms with Crippen LogP contribution in [0.25, 0.3) is 0 Å². The predicted molar refractivity (Wildman–Crippen MR) is 109 cm³/mol. The summed E-state index contributed by atoms with van der Waals surface area (Å²) >= 11 is 0. The molecule has 0 aliphatic carbocycles. The lowest BCUT2D eigenvalue weighted by atomic mass is 10.2. The summed E-state index contributed by atoms with van der Waals surface area (Å²) in [5, 5.41) is 0. The number of nitrogens with zero attached hydrogens (tertiary/aromatic N) is 4. The van der Waals surface area contributed by atoms with E-state index in [1.165, 1.54) is 10.4 Å². The van der Waals surface area contributed by atoms with Gasteiger partial charge in [0.2, 0.25) is 10.0 Å². The van der Waals surface area contributed by atoms with Gasteiger partial charge in [0.15, 0.2) is 0 Å². The number of benzene rings is 1. The Bertz CT molecular complexity index is 995. The molecule has 0 spiro atoms. The highest BCUT2D eigenvalue weighted by Gasteiger charge is 2.35. The zero-order valence-electron chi connectivity index (χ0n) is 16.0. The van der Waals surface area contributed by atoms with Crippen LogP contribution in [-0.4, -0.2) is 61.9 Å². The molecule has 1 aromatic heterocycles. The number of anilines is 1. The first-order chi connectivity index (χ1) is 13.7. The fourth-order valence-corrected chi connectivity index (χ4v) is 5.33. The van der Waals surface area contributed by atoms with E-state index in [4.69, 9.17) is 0 Å². The van der Waals surface area contributed by atoms with E-state index in [0.717, 1.165) is 11.6 Å². The van der Waals surface area contributed by atoms with Crippen LogP contribution in [0.15, 0.2) is 47.4 Å². The van der Waals surface area contributed by atoms with Crippen molar-refractivity contribution in [3.8, 4) is 0 Å². The zero-order chi connectivity index (χ0) is 20.6. The summed E-state index contributed by atoms with van der Waals surface area (Å²) in [6, 6.07) is 10.9. The van der Waals surface area contributed by atoms with Gasteiger partial charge in [-0.05, 0) is 23.8 Å². The summed E-state index contributed by atoms with van der Waals surface area (Å²) in [6.07, 6.45) is -4.46. The van der Waals surface area contributed by atoms with E-state index in [-0.39, 0.29) is 12.4 Å². The minimum atomic E-state index is -4.46. The van der Waals surface area contributed by atoms with Crippen molar-refractivity contribution in [2.24, 2.45) is 0 Å². The molecule has 164 valence electrons. The maximum Gasteiger partial charge on any atom is 0.433 e. The average molecular weight is 463 g/mol. The van der Waals surface area contributed by atoms with E-state index >= 15 is 0 Å². The van der Waals surface area contributed by atoms with E-state index in [2.05, 4.69) is 9.88 Å². The molecule has 0 radical (unpaired) electrons. The van der Waals surface area contributed by atoms with Crippen LogP contribution in [0.4, 0.5) is 19.0 Å². The molecule has 1 aromatic carbocycles. The van der Waals surface area contributed by atoms with Gasteiger partial charge in [-0.25, -0.2) is 13.4 Å². The van der Waals surface area contributed by atoms with Crippen molar-refractivity contribution in [3.05, 3.63) is 53.7 Å². The molecule has 4 rings (SSSR count). The van der Waals surface area contributed by atoms with Crippen LogP contribution < -0.4 is 4.90 Å². The highest BCUT2D eigenvalue weighted by Crippen LogP contribution is 2.30. The van der Waals surface area contributed by atoms with Crippen LogP contribution in [-0.2, 0) is 22.7 Å². The highest BCUT2D eigenvalue weighted by atomic mass is 35.5. The Kier molecular flexibility index (Phi) is 6.61. The number of hydrogen-bond acceptors (Lipinski definition) is 5. The van der Waals surface area contributed by atoms with Gasteiger partial charge in [-0.2, -0.15) is 17.5 Å². The lowest BCUT2D eigenvalue weighted by Crippen LogP contribution is -2.48. The van der Waals surface area contributed by atoms with Crippen molar-refractivity contribution in [2.45, 2.75) is 17.6 Å². The van der Waals surface area contributed by atoms with Crippen LogP contribution in [0.2, 0.25) is 0 Å². The third kappa shape index (κ3) is 4.56. The number of hydrogen-bond donors (Lipinski definition) is 0. The van der Waals surface area contributed by atoms with Gasteiger partial charge in [0.25, 0.3) is 0 Å². The van der Waals surface area contributed by atoms with E-state index < -0.39 is 21.9 Å². The number of fused-ring (bicyclic) bond motifs is 1. The number of rotatable bonds is 4. The van der Waals surface area contributed by atoms with Crippen LogP contribution in [0, 0.1) is 0 Å². The largest absolute Gasteiger partial charge is 0.433 e. The fourth-order valence-electron chi connectivity index (χ4n) is 3.71. The number of piperazine rings is 1. The number of pyridine rings is 1. The Hall–Kier alpha value is -1.88. The van der Waals surface area contributed by atoms with Gasteiger partial charge in [0, 0.05) is 45.8 Å². The molecule has 0 bridgehead atoms. The maximum absolute atomic E-state index is 12.9. The third-order valence-corrected chi connectivity index (χ3v) is 7.27. The molecule has 0 N–H and O–H groups in total. The third-order valence-electron chi connectivity index (χ3n) is 5.32. The summed E-state index contributed by atoms with van der Waals surface area (Å²) in [5.41, 5.74) is -0.0795. The van der Waals surface area contributed by atoms with Crippen LogP contribution >= 0.6 is 12.4 Å². The van der Waals surface area contributed by atoms with Gasteiger partial charge in [0.1, 0.15) is 11.5 Å². The molecule has 1 saturated heterocycles. The van der Waals surface area contributed by atoms with Crippen molar-refractivity contribution >= 4 is 28.2 Å². The fraction of sp³-hybridized carbons (Fsp3) is 0.421. The lowest BCUT2D eigenvalue weighted by Gasteiger charge is -2.36. The standard InChI is InChI=1S/C19H21F3N4O2S.ClH/c20-19(21,22)17-6-3-7-18(23-17)25-11-8-24(9-12-25)10-13-26-14-15-4-1-2-5-16(15)29(26,27)28;/h1-7H,8-14H2;1H. The maximum atomic E-state index is 12.9. The Morgan fingerprint density at radius 3 is 2.30 bits per heavy atom. The molecule has 1 fully saturated rings. The molecule has 0 atom stereocenters. The minimum absolute atomic E-state index is 0. The molecule has 2 aliphatic heterocycles. The Morgan fingerprint density at radius 1 is 0.933 bits per heavy atom. The van der Waals surface area contributed by atoms with Crippen molar-refractivity contribution in [3.63, 3.8) is 0 Å². The zero-order valence-corrected chi connectivity index (χ0v) is 17.7. The molecule has 6 nitrogen and oxygen atoms in total. The molecule has 2 aromatic rings. The van der Waals surface area contributed by atoms with E-state index in [1.54, 1.807) is 18.2 Å². The quantitative estimate of drug-likeness (QED) is 0.699. The molecule has 30 heavy (non-hydrogen) atoms. The normalized spacial score (nSPS) is 19.4. The van der Waals surface area contributed by atoms with Gasteiger partial charge in [-0.1, -0.05) is 24.3 Å². The number of sulfonamides is 1. The summed E-state index contributed by atoms with van der Waals surface area (Å²) in [4.78, 5) is 8.07. The topological polar surface area (TPSA) is 56.8 Å². The molecule has 3 heterocycles. The van der Waals surface area contributed by atoms with Crippen molar-refractivity contribution in [1.82, 2.24) is 14.2 Å². The van der Waals surface area contributed by atoms with Crippen LogP contribution in [0.5, 0.6) is 0 Å². The number of alkyl halides is 3. The summed E-state index contributed by atoms with van der Waals surface area (Å²) < 4.78 is 65.3. The Morgan fingerprint density at radius 2 is 1.63 bits per heavy atom. The second kappa shape index (κ2) is 8.70. The van der Waals surface area contributed by atoms with E-state index in [0.29, 0.717) is 56.5 Å². The minimum Gasteiger partial charge on any atom is -0.354 e. The molecule has 2 aliphatic rings. The predicted octanol–water partition coefficient (Wildman–Crippen LogP) is 2.85. The van der Waals surface area contributed by atoms with E-state index in [1.807, 2.05) is 17.0 Å². The van der Waals surface area contributed by atoms with Crippen molar-refractivity contribution in [2.75, 3.05) is 44.2 Å². The molecule has 0 saturated carbocycles. The smallest absolute Gasteiger partial charge is 0.354 e. The van der Waals surface area contributed by atoms with Gasteiger partial charge in [0.05, 0.1) is 4.90 Å². The molecule has 0 unspecified atom stereocenters. The first-order valence-corrected chi connectivity index (χ1v) is 10.8. The summed E-state index contributed by atoms with van der Waals surface area (Å²) in [6.45, 7) is 3.71. The van der Waals surface area contributed by atoms with Crippen molar-refractivity contribution in [1.29, 1.82) is 0 Å². The lowest BCUT2D eigenvalue weighted by molar-refractivity contribution is -0.141. The van der Waals surface area contributed by atoms with Crippen LogP contribution in [0.1, 0.15) is 11.3 Å². The Labute approximate surface area is 179 Å². The van der Waals surface area contributed by atoms with Gasteiger partial charge < -0.3 is 4.90 Å².